The maximum Gasteiger partial charge on any atom is 0.342 e. The predicted octanol–water partition coefficient (Wildman–Crippen LogP) is 2.47. The van der Waals surface area contributed by atoms with Crippen LogP contribution in [0.1, 0.15) is 15.9 Å². The van der Waals surface area contributed by atoms with Gasteiger partial charge in [0.05, 0.1) is 0 Å². The molecule has 0 fully saturated rings. The van der Waals surface area contributed by atoms with E-state index in [2.05, 4.69) is 5.32 Å². The van der Waals surface area contributed by atoms with Gasteiger partial charge in [0.1, 0.15) is 17.1 Å². The molecule has 1 amide bonds. The number of hydrogen-bond donors (Lipinski definition) is 3. The van der Waals surface area contributed by atoms with Gasteiger partial charge in [-0.2, -0.15) is 0 Å². The first kappa shape index (κ1) is 18.7. The lowest BCUT2D eigenvalue weighted by molar-refractivity contribution is -0.124. The third kappa shape index (κ3) is 6.04. The van der Waals surface area contributed by atoms with Crippen molar-refractivity contribution >= 4 is 23.6 Å². The Morgan fingerprint density at radius 2 is 1.84 bits per heavy atom. The third-order valence-corrected chi connectivity index (χ3v) is 4.26. The molecule has 2 aromatic carbocycles. The third-order valence-electron chi connectivity index (χ3n) is 3.25. The van der Waals surface area contributed by atoms with E-state index in [4.69, 9.17) is 4.74 Å². The quantitative estimate of drug-likeness (QED) is 0.398. The fraction of sp³-hybridized carbons (Fsp3) is 0.222. The summed E-state index contributed by atoms with van der Waals surface area (Å²) in [4.78, 5) is 24.6. The summed E-state index contributed by atoms with van der Waals surface area (Å²) in [5.41, 5.74) is 1.08. The highest BCUT2D eigenvalue weighted by Crippen LogP contribution is 2.23. The summed E-state index contributed by atoms with van der Waals surface area (Å²) >= 11 is 1.62. The predicted molar refractivity (Wildman–Crippen MR) is 95.0 cm³/mol. The minimum Gasteiger partial charge on any atom is -0.508 e. The van der Waals surface area contributed by atoms with Crippen molar-refractivity contribution in [2.75, 3.05) is 18.9 Å². The maximum absolute atomic E-state index is 11.8. The number of carbonyl (C=O) groups is 2. The van der Waals surface area contributed by atoms with Gasteiger partial charge < -0.3 is 20.3 Å². The molecule has 0 heterocycles. The van der Waals surface area contributed by atoms with Crippen molar-refractivity contribution < 1.29 is 24.5 Å². The van der Waals surface area contributed by atoms with Gasteiger partial charge in [-0.3, -0.25) is 4.79 Å². The average molecular weight is 361 g/mol. The van der Waals surface area contributed by atoms with Gasteiger partial charge in [0, 0.05) is 23.3 Å². The Bertz CT molecular complexity index is 746. The second-order valence-electron chi connectivity index (χ2n) is 5.29. The van der Waals surface area contributed by atoms with Gasteiger partial charge in [-0.15, -0.1) is 11.8 Å². The van der Waals surface area contributed by atoms with Crippen LogP contribution in [0.4, 0.5) is 0 Å². The highest BCUT2D eigenvalue weighted by molar-refractivity contribution is 7.99. The first-order chi connectivity index (χ1) is 12.0. The van der Waals surface area contributed by atoms with Crippen LogP contribution in [0.3, 0.4) is 0 Å². The lowest BCUT2D eigenvalue weighted by Crippen LogP contribution is -2.30. The molecule has 0 bridgehead atoms. The number of thioether (sulfide) groups is 1. The number of aromatic hydroxyl groups is 2. The van der Waals surface area contributed by atoms with Crippen LogP contribution in [0.15, 0.2) is 47.4 Å². The van der Waals surface area contributed by atoms with E-state index in [-0.39, 0.29) is 11.3 Å². The second-order valence-corrected chi connectivity index (χ2v) is 6.46. The van der Waals surface area contributed by atoms with Gasteiger partial charge in [-0.05, 0) is 31.2 Å². The summed E-state index contributed by atoms with van der Waals surface area (Å²) < 4.78 is 4.84. The Morgan fingerprint density at radius 3 is 2.52 bits per heavy atom. The van der Waals surface area contributed by atoms with Crippen LogP contribution in [0.5, 0.6) is 11.5 Å². The van der Waals surface area contributed by atoms with Crippen LogP contribution in [-0.2, 0) is 9.53 Å². The second kappa shape index (κ2) is 8.98. The zero-order chi connectivity index (χ0) is 18.2. The van der Waals surface area contributed by atoms with Crippen LogP contribution in [-0.4, -0.2) is 41.0 Å². The van der Waals surface area contributed by atoms with E-state index in [0.717, 1.165) is 11.0 Å². The minimum atomic E-state index is -0.832. The summed E-state index contributed by atoms with van der Waals surface area (Å²) in [6, 6.07) is 11.6. The number of ether oxygens (including phenoxy) is 1. The van der Waals surface area contributed by atoms with E-state index < -0.39 is 24.2 Å². The SMILES string of the molecule is Cc1ccc(SCCNC(=O)COC(=O)c2ccc(O)cc2O)cc1. The average Bonchev–Trinajstić information content (AvgIpc) is 2.58. The summed E-state index contributed by atoms with van der Waals surface area (Å²) in [6.07, 6.45) is 0. The maximum atomic E-state index is 11.8. The molecule has 7 heteroatoms. The van der Waals surface area contributed by atoms with Gasteiger partial charge in [-0.25, -0.2) is 4.79 Å². The molecule has 6 nitrogen and oxygen atoms in total. The lowest BCUT2D eigenvalue weighted by Gasteiger charge is -2.08. The molecule has 0 spiro atoms. The number of carbonyl (C=O) groups excluding carboxylic acids is 2. The normalized spacial score (nSPS) is 10.3. The fourth-order valence-electron chi connectivity index (χ4n) is 1.95. The van der Waals surface area contributed by atoms with Crippen LogP contribution in [0, 0.1) is 6.92 Å². The van der Waals surface area contributed by atoms with Crippen molar-refractivity contribution in [1.29, 1.82) is 0 Å². The van der Waals surface area contributed by atoms with Gasteiger partial charge >= 0.3 is 5.97 Å². The molecule has 2 rings (SSSR count). The number of phenolic OH excluding ortho intramolecular Hbond substituents is 2. The van der Waals surface area contributed by atoms with E-state index >= 15 is 0 Å². The number of rotatable bonds is 7. The number of benzene rings is 2. The summed E-state index contributed by atoms with van der Waals surface area (Å²) in [5.74, 6) is -1.13. The Balaban J connectivity index is 1.68. The van der Waals surface area contributed by atoms with Crippen LogP contribution in [0.2, 0.25) is 0 Å². The van der Waals surface area contributed by atoms with Gasteiger partial charge in [0.15, 0.2) is 6.61 Å². The molecule has 0 radical (unpaired) electrons. The van der Waals surface area contributed by atoms with E-state index in [9.17, 15) is 19.8 Å². The van der Waals surface area contributed by atoms with E-state index in [0.29, 0.717) is 12.3 Å². The largest absolute Gasteiger partial charge is 0.508 e. The minimum absolute atomic E-state index is 0.111. The summed E-state index contributed by atoms with van der Waals surface area (Å²) in [6.45, 7) is 2.03. The van der Waals surface area contributed by atoms with Crippen LogP contribution >= 0.6 is 11.8 Å². The highest BCUT2D eigenvalue weighted by atomic mass is 32.2. The van der Waals surface area contributed by atoms with E-state index in [1.807, 2.05) is 31.2 Å². The van der Waals surface area contributed by atoms with Gasteiger partial charge in [0.25, 0.3) is 5.91 Å². The first-order valence-electron chi connectivity index (χ1n) is 7.61. The molecule has 0 aliphatic heterocycles. The Hall–Kier alpha value is -2.67. The molecular formula is C18H19NO5S. The van der Waals surface area contributed by atoms with Crippen molar-refractivity contribution in [2.24, 2.45) is 0 Å². The summed E-state index contributed by atoms with van der Waals surface area (Å²) in [7, 11) is 0. The Morgan fingerprint density at radius 1 is 1.12 bits per heavy atom. The van der Waals surface area contributed by atoms with Gasteiger partial charge in [0.2, 0.25) is 0 Å². The number of nitrogens with one attached hydrogen (secondary N) is 1. The molecule has 0 unspecified atom stereocenters. The van der Waals surface area contributed by atoms with Crippen molar-refractivity contribution in [3.8, 4) is 11.5 Å². The molecule has 132 valence electrons. The summed E-state index contributed by atoms with van der Waals surface area (Å²) in [5, 5.41) is 21.4. The number of aryl methyl sites for hydroxylation is 1. The Kier molecular flexibility index (Phi) is 6.71. The first-order valence-corrected chi connectivity index (χ1v) is 8.59. The smallest absolute Gasteiger partial charge is 0.342 e. The van der Waals surface area contributed by atoms with Crippen LogP contribution in [0.25, 0.3) is 0 Å². The van der Waals surface area contributed by atoms with Crippen molar-refractivity contribution in [3.05, 3.63) is 53.6 Å². The van der Waals surface area contributed by atoms with Crippen molar-refractivity contribution in [2.45, 2.75) is 11.8 Å². The molecule has 3 N–H and O–H groups in total. The van der Waals surface area contributed by atoms with Gasteiger partial charge in [-0.1, -0.05) is 17.7 Å². The monoisotopic (exact) mass is 361 g/mol. The number of esters is 1. The molecule has 0 aliphatic carbocycles. The number of phenols is 2. The number of hydrogen-bond acceptors (Lipinski definition) is 6. The zero-order valence-corrected chi connectivity index (χ0v) is 14.5. The van der Waals surface area contributed by atoms with E-state index in [1.54, 1.807) is 11.8 Å². The topological polar surface area (TPSA) is 95.9 Å². The fourth-order valence-corrected chi connectivity index (χ4v) is 2.71. The van der Waals surface area contributed by atoms with Crippen LogP contribution < -0.4 is 5.32 Å². The molecule has 0 aliphatic rings. The molecule has 0 aromatic heterocycles. The zero-order valence-electron chi connectivity index (χ0n) is 13.7. The molecule has 0 saturated heterocycles. The molecule has 2 aromatic rings. The highest BCUT2D eigenvalue weighted by Gasteiger charge is 2.14. The molecule has 0 saturated carbocycles. The standard InChI is InChI=1S/C18H19NO5S/c1-12-2-5-14(6-3-12)25-9-8-19-17(22)11-24-18(23)15-7-4-13(20)10-16(15)21/h2-7,10,20-21H,8-9,11H2,1H3,(H,19,22). The molecule has 0 atom stereocenters. The number of amides is 1. The lowest BCUT2D eigenvalue weighted by atomic mass is 10.2. The van der Waals surface area contributed by atoms with Crippen molar-refractivity contribution in [3.63, 3.8) is 0 Å². The molecular weight excluding hydrogens is 342 g/mol. The Labute approximate surface area is 149 Å². The van der Waals surface area contributed by atoms with Crippen molar-refractivity contribution in [1.82, 2.24) is 5.32 Å². The van der Waals surface area contributed by atoms with E-state index in [1.165, 1.54) is 17.7 Å². The molecule has 25 heavy (non-hydrogen) atoms.